The van der Waals surface area contributed by atoms with Crippen LogP contribution in [-0.2, 0) is 4.74 Å². The fourth-order valence-electron chi connectivity index (χ4n) is 2.07. The second kappa shape index (κ2) is 7.67. The molecular weight excluding hydrogens is 406 g/mol. The van der Waals surface area contributed by atoms with Gasteiger partial charge < -0.3 is 14.8 Å². The van der Waals surface area contributed by atoms with E-state index in [1.54, 1.807) is 0 Å². The van der Waals surface area contributed by atoms with E-state index in [9.17, 15) is 31.1 Å². The van der Waals surface area contributed by atoms with E-state index in [1.807, 2.05) is 5.32 Å². The number of alkyl halides is 6. The summed E-state index contributed by atoms with van der Waals surface area (Å²) in [6.07, 6.45) is -9.75. The summed E-state index contributed by atoms with van der Waals surface area (Å²) in [4.78, 5) is 15.5. The van der Waals surface area contributed by atoms with Crippen LogP contribution >= 0.6 is 11.6 Å². The summed E-state index contributed by atoms with van der Waals surface area (Å²) in [6.45, 7) is 0.00957. The third-order valence-electron chi connectivity index (χ3n) is 3.03. The molecule has 0 aliphatic heterocycles. The molecule has 27 heavy (non-hydrogen) atoms. The Morgan fingerprint density at radius 2 is 1.85 bits per heavy atom. The number of carbonyl (C=O) groups excluding carboxylic acids is 1. The molecule has 0 saturated carbocycles. The highest BCUT2D eigenvalue weighted by atomic mass is 35.5. The molecule has 1 aromatic heterocycles. The van der Waals surface area contributed by atoms with Crippen molar-refractivity contribution in [2.75, 3.05) is 18.5 Å². The Labute approximate surface area is 153 Å². The molecule has 2 rings (SSSR count). The number of fused-ring (bicyclic) bond motifs is 1. The molecule has 0 aliphatic carbocycles. The van der Waals surface area contributed by atoms with Crippen LogP contribution in [0.5, 0.6) is 5.75 Å². The summed E-state index contributed by atoms with van der Waals surface area (Å²) in [5, 5.41) is 1.58. The number of pyridine rings is 1. The van der Waals surface area contributed by atoms with Gasteiger partial charge in [-0.05, 0) is 19.1 Å². The molecule has 1 aromatic carbocycles. The molecule has 1 heterocycles. The Bertz CT molecular complexity index is 854. The molecule has 0 atom stereocenters. The summed E-state index contributed by atoms with van der Waals surface area (Å²) < 4.78 is 83.7. The van der Waals surface area contributed by atoms with Crippen molar-refractivity contribution in [1.82, 2.24) is 4.98 Å². The maximum atomic E-state index is 12.7. The van der Waals surface area contributed by atoms with Crippen LogP contribution in [0.2, 0.25) is 5.02 Å². The number of nitrogens with one attached hydrogen (secondary N) is 1. The van der Waals surface area contributed by atoms with Gasteiger partial charge in [0.15, 0.2) is 11.4 Å². The third-order valence-corrected chi connectivity index (χ3v) is 3.34. The average Bonchev–Trinajstić information content (AvgIpc) is 2.51. The van der Waals surface area contributed by atoms with Crippen molar-refractivity contribution in [3.8, 4) is 5.75 Å². The average molecular weight is 417 g/mol. The van der Waals surface area contributed by atoms with Gasteiger partial charge in [-0.15, -0.1) is 13.2 Å². The molecule has 0 radical (unpaired) electrons. The van der Waals surface area contributed by atoms with Gasteiger partial charge in [0.2, 0.25) is 0 Å². The Kier molecular flexibility index (Phi) is 5.93. The van der Waals surface area contributed by atoms with E-state index in [1.165, 1.54) is 6.92 Å². The molecule has 0 fully saturated rings. The molecule has 2 aromatic rings. The fourth-order valence-corrected chi connectivity index (χ4v) is 2.32. The zero-order valence-electron chi connectivity index (χ0n) is 13.5. The highest BCUT2D eigenvalue weighted by Gasteiger charge is 2.33. The van der Waals surface area contributed by atoms with Crippen LogP contribution in [0.4, 0.5) is 32.0 Å². The van der Waals surface area contributed by atoms with Crippen molar-refractivity contribution in [3.63, 3.8) is 0 Å². The summed E-state index contributed by atoms with van der Waals surface area (Å²) >= 11 is 5.98. The number of anilines is 1. The van der Waals surface area contributed by atoms with E-state index < -0.39 is 36.3 Å². The monoisotopic (exact) mass is 416 g/mol. The van der Waals surface area contributed by atoms with E-state index in [4.69, 9.17) is 16.3 Å². The molecule has 0 unspecified atom stereocenters. The minimum absolute atomic E-state index is 0.0115. The van der Waals surface area contributed by atoms with Crippen LogP contribution in [0, 0.1) is 0 Å². The highest BCUT2D eigenvalue weighted by molar-refractivity contribution is 6.36. The third kappa shape index (κ3) is 5.78. The van der Waals surface area contributed by atoms with Gasteiger partial charge >= 0.3 is 18.5 Å². The summed E-state index contributed by atoms with van der Waals surface area (Å²) in [6, 6.07) is 2.78. The zero-order chi connectivity index (χ0) is 20.4. The molecule has 0 saturated heterocycles. The topological polar surface area (TPSA) is 60.5 Å². The van der Waals surface area contributed by atoms with Crippen molar-refractivity contribution in [3.05, 3.63) is 28.9 Å². The number of esters is 1. The van der Waals surface area contributed by atoms with E-state index in [0.29, 0.717) is 6.07 Å². The number of nitrogens with zero attached hydrogens (tertiary/aromatic N) is 1. The number of hydrogen-bond donors (Lipinski definition) is 1. The van der Waals surface area contributed by atoms with Gasteiger partial charge in [0, 0.05) is 17.1 Å². The fraction of sp³-hybridized carbons (Fsp3) is 0.333. The SMILES string of the molecule is CCOC(=O)c1cc(Cl)c2cc(NCC(F)(F)F)cc(OC(F)(F)F)c2n1. The minimum atomic E-state index is -5.15. The number of hydrogen-bond acceptors (Lipinski definition) is 5. The van der Waals surface area contributed by atoms with Crippen molar-refractivity contribution in [1.29, 1.82) is 0 Å². The van der Waals surface area contributed by atoms with Gasteiger partial charge in [-0.1, -0.05) is 11.6 Å². The lowest BCUT2D eigenvalue weighted by molar-refractivity contribution is -0.274. The van der Waals surface area contributed by atoms with Crippen molar-refractivity contribution < 1.29 is 40.6 Å². The van der Waals surface area contributed by atoms with E-state index in [2.05, 4.69) is 9.72 Å². The Balaban J connectivity index is 2.59. The molecule has 0 spiro atoms. The lowest BCUT2D eigenvalue weighted by Crippen LogP contribution is -2.22. The van der Waals surface area contributed by atoms with Gasteiger partial charge in [0.25, 0.3) is 0 Å². The molecule has 0 bridgehead atoms. The normalized spacial score (nSPS) is 12.1. The van der Waals surface area contributed by atoms with Crippen LogP contribution < -0.4 is 10.1 Å². The molecule has 0 amide bonds. The second-order valence-corrected chi connectivity index (χ2v) is 5.50. The number of benzene rings is 1. The summed E-state index contributed by atoms with van der Waals surface area (Å²) in [7, 11) is 0. The minimum Gasteiger partial charge on any atom is -0.461 e. The lowest BCUT2D eigenvalue weighted by atomic mass is 10.1. The van der Waals surface area contributed by atoms with Crippen LogP contribution in [0.15, 0.2) is 18.2 Å². The van der Waals surface area contributed by atoms with Crippen LogP contribution in [0.1, 0.15) is 17.4 Å². The molecule has 1 N–H and O–H groups in total. The Morgan fingerprint density at radius 3 is 2.41 bits per heavy atom. The first-order valence-corrected chi connectivity index (χ1v) is 7.65. The molecule has 12 heteroatoms. The first kappa shape index (κ1) is 20.9. The highest BCUT2D eigenvalue weighted by Crippen LogP contribution is 2.36. The van der Waals surface area contributed by atoms with Crippen molar-refractivity contribution in [2.24, 2.45) is 0 Å². The van der Waals surface area contributed by atoms with Gasteiger partial charge in [-0.2, -0.15) is 13.2 Å². The molecule has 0 aliphatic rings. The van der Waals surface area contributed by atoms with E-state index >= 15 is 0 Å². The number of rotatable bonds is 5. The molecule has 148 valence electrons. The number of halogens is 7. The first-order valence-electron chi connectivity index (χ1n) is 7.27. The van der Waals surface area contributed by atoms with E-state index in [0.717, 1.165) is 12.1 Å². The molecule has 5 nitrogen and oxygen atoms in total. The Hall–Kier alpha value is -2.43. The second-order valence-electron chi connectivity index (χ2n) is 5.10. The van der Waals surface area contributed by atoms with Crippen LogP contribution in [-0.4, -0.2) is 36.6 Å². The number of aromatic nitrogens is 1. The Morgan fingerprint density at radius 1 is 1.19 bits per heavy atom. The maximum absolute atomic E-state index is 12.7. The van der Waals surface area contributed by atoms with Crippen molar-refractivity contribution in [2.45, 2.75) is 19.5 Å². The van der Waals surface area contributed by atoms with Gasteiger partial charge in [-0.25, -0.2) is 9.78 Å². The largest absolute Gasteiger partial charge is 0.573 e. The van der Waals surface area contributed by atoms with Crippen molar-refractivity contribution >= 4 is 34.2 Å². The van der Waals surface area contributed by atoms with Crippen LogP contribution in [0.25, 0.3) is 10.9 Å². The predicted molar refractivity (Wildman–Crippen MR) is 83.9 cm³/mol. The van der Waals surface area contributed by atoms with E-state index in [-0.39, 0.29) is 28.4 Å². The maximum Gasteiger partial charge on any atom is 0.573 e. The summed E-state index contributed by atoms with van der Waals surface area (Å²) in [5.74, 6) is -1.85. The van der Waals surface area contributed by atoms with Crippen LogP contribution in [0.3, 0.4) is 0 Å². The lowest BCUT2D eigenvalue weighted by Gasteiger charge is -2.16. The standard InChI is InChI=1S/C15H11ClF6N2O3/c1-2-26-13(25)10-5-9(16)8-3-7(23-6-14(17,18)19)4-11(12(8)24-10)27-15(20,21)22/h3-5,23H,2,6H2,1H3. The van der Waals surface area contributed by atoms with Gasteiger partial charge in [0.05, 0.1) is 11.6 Å². The first-order chi connectivity index (χ1) is 12.4. The zero-order valence-corrected chi connectivity index (χ0v) is 14.2. The number of carbonyl (C=O) groups is 1. The van der Waals surface area contributed by atoms with Gasteiger partial charge in [0.1, 0.15) is 12.1 Å². The quantitative estimate of drug-likeness (QED) is 0.553. The molecular formula is C15H11ClF6N2O3. The predicted octanol–water partition coefficient (Wildman–Crippen LogP) is 4.94. The number of ether oxygens (including phenoxy) is 2. The van der Waals surface area contributed by atoms with Gasteiger partial charge in [-0.3, -0.25) is 0 Å². The summed E-state index contributed by atoms with van der Waals surface area (Å²) in [5.41, 5.74) is -1.16. The smallest absolute Gasteiger partial charge is 0.461 e.